The number of guanidine groups is 1. The summed E-state index contributed by atoms with van der Waals surface area (Å²) in [5, 5.41) is 6.33. The molecule has 2 fully saturated rings. The lowest BCUT2D eigenvalue weighted by Gasteiger charge is -2.27. The maximum atomic E-state index is 12.4. The molecule has 20 heavy (non-hydrogen) atoms. The zero-order valence-electron chi connectivity index (χ0n) is 12.8. The zero-order valence-corrected chi connectivity index (χ0v) is 12.8. The molecule has 114 valence electrons. The van der Waals surface area contributed by atoms with Gasteiger partial charge in [-0.3, -0.25) is 15.1 Å². The number of amides is 1. The molecule has 1 saturated carbocycles. The molecule has 1 heterocycles. The number of nitrogens with one attached hydrogen (secondary N) is 2. The molecule has 2 N–H and O–H groups in total. The van der Waals surface area contributed by atoms with Crippen LogP contribution in [0.15, 0.2) is 4.99 Å². The summed E-state index contributed by atoms with van der Waals surface area (Å²) in [5.41, 5.74) is -0.382. The Kier molecular flexibility index (Phi) is 5.86. The fourth-order valence-electron chi connectivity index (χ4n) is 3.35. The van der Waals surface area contributed by atoms with Gasteiger partial charge in [0, 0.05) is 6.54 Å². The summed E-state index contributed by atoms with van der Waals surface area (Å²) in [5.74, 6) is 0.825. The first-order valence-electron chi connectivity index (χ1n) is 8.41. The van der Waals surface area contributed by atoms with E-state index in [4.69, 9.17) is 0 Å². The molecule has 1 aliphatic heterocycles. The average Bonchev–Trinajstić information content (AvgIpc) is 2.71. The van der Waals surface area contributed by atoms with Crippen LogP contribution in [0.1, 0.15) is 77.6 Å². The van der Waals surface area contributed by atoms with Crippen LogP contribution in [0.4, 0.5) is 0 Å². The number of hydrogen-bond acceptors (Lipinski definition) is 2. The summed E-state index contributed by atoms with van der Waals surface area (Å²) < 4.78 is 0. The molecule has 0 aromatic carbocycles. The predicted molar refractivity (Wildman–Crippen MR) is 82.8 cm³/mol. The van der Waals surface area contributed by atoms with Crippen LogP contribution in [-0.2, 0) is 4.79 Å². The summed E-state index contributed by atoms with van der Waals surface area (Å²) >= 11 is 0. The summed E-state index contributed by atoms with van der Waals surface area (Å²) in [6.07, 6.45) is 13.4. The molecule has 0 atom stereocenters. The summed E-state index contributed by atoms with van der Waals surface area (Å²) in [7, 11) is 0. The van der Waals surface area contributed by atoms with E-state index in [2.05, 4.69) is 15.6 Å². The molecule has 1 spiro atoms. The topological polar surface area (TPSA) is 53.5 Å². The number of nitrogens with zero attached hydrogens (tertiary/aromatic N) is 1. The molecule has 2 rings (SSSR count). The van der Waals surface area contributed by atoms with Gasteiger partial charge in [-0.25, -0.2) is 0 Å². The van der Waals surface area contributed by atoms with Gasteiger partial charge in [0.2, 0.25) is 0 Å². The second-order valence-electron chi connectivity index (χ2n) is 6.17. The van der Waals surface area contributed by atoms with Crippen molar-refractivity contribution in [3.05, 3.63) is 0 Å². The van der Waals surface area contributed by atoms with Gasteiger partial charge in [0.1, 0.15) is 5.54 Å². The highest BCUT2D eigenvalue weighted by Crippen LogP contribution is 2.27. The molecule has 0 unspecified atom stereocenters. The van der Waals surface area contributed by atoms with Gasteiger partial charge in [0.25, 0.3) is 5.91 Å². The number of carbonyl (C=O) groups is 1. The van der Waals surface area contributed by atoms with E-state index in [1.807, 2.05) is 6.92 Å². The molecule has 1 saturated heterocycles. The first-order chi connectivity index (χ1) is 9.77. The Bertz CT molecular complexity index is 340. The standard InChI is InChI=1S/C16H29N3O/c1-2-17-15-18-14(20)16(19-15)12-10-8-6-4-3-5-7-9-11-13-16/h2-13H2,1H3,(H2,17,18,19,20). The van der Waals surface area contributed by atoms with E-state index in [0.717, 1.165) is 25.7 Å². The third kappa shape index (κ3) is 3.97. The molecule has 0 bridgehead atoms. The molecule has 0 aromatic rings. The van der Waals surface area contributed by atoms with Crippen molar-refractivity contribution in [2.75, 3.05) is 6.54 Å². The molecule has 0 radical (unpaired) electrons. The van der Waals surface area contributed by atoms with Gasteiger partial charge in [0.15, 0.2) is 5.96 Å². The van der Waals surface area contributed by atoms with Gasteiger partial charge in [0.05, 0.1) is 0 Å². The Balaban J connectivity index is 2.00. The number of rotatable bonds is 1. The zero-order chi connectivity index (χ0) is 14.3. The smallest absolute Gasteiger partial charge is 0.252 e. The SMILES string of the molecule is CCN=C1NC(=O)C2(CCCCCCCCCCC2)N1. The van der Waals surface area contributed by atoms with Crippen LogP contribution in [0.5, 0.6) is 0 Å². The molecule has 1 amide bonds. The van der Waals surface area contributed by atoms with Crippen LogP contribution >= 0.6 is 0 Å². The Labute approximate surface area is 122 Å². The molecular weight excluding hydrogens is 250 g/mol. The van der Waals surface area contributed by atoms with Crippen molar-refractivity contribution in [1.29, 1.82) is 0 Å². The minimum absolute atomic E-state index is 0.141. The van der Waals surface area contributed by atoms with Gasteiger partial charge < -0.3 is 5.32 Å². The summed E-state index contributed by atoms with van der Waals surface area (Å²) in [4.78, 5) is 16.7. The Morgan fingerprint density at radius 2 is 1.45 bits per heavy atom. The Hall–Kier alpha value is -1.06. The molecular formula is C16H29N3O. The van der Waals surface area contributed by atoms with Crippen molar-refractivity contribution < 1.29 is 4.79 Å². The monoisotopic (exact) mass is 279 g/mol. The van der Waals surface area contributed by atoms with Crippen LogP contribution in [0.2, 0.25) is 0 Å². The molecule has 2 aliphatic rings. The van der Waals surface area contributed by atoms with E-state index < -0.39 is 0 Å². The molecule has 4 heteroatoms. The summed E-state index contributed by atoms with van der Waals surface area (Å²) in [6.45, 7) is 2.70. The van der Waals surface area contributed by atoms with Gasteiger partial charge >= 0.3 is 0 Å². The maximum absolute atomic E-state index is 12.4. The third-order valence-electron chi connectivity index (χ3n) is 4.55. The van der Waals surface area contributed by atoms with E-state index in [1.165, 1.54) is 44.9 Å². The van der Waals surface area contributed by atoms with E-state index in [0.29, 0.717) is 12.5 Å². The van der Waals surface area contributed by atoms with E-state index in [9.17, 15) is 4.79 Å². The highest BCUT2D eigenvalue weighted by Gasteiger charge is 2.43. The maximum Gasteiger partial charge on any atom is 0.252 e. The second kappa shape index (κ2) is 7.65. The van der Waals surface area contributed by atoms with Gasteiger partial charge in [-0.05, 0) is 19.8 Å². The molecule has 4 nitrogen and oxygen atoms in total. The second-order valence-corrected chi connectivity index (χ2v) is 6.17. The van der Waals surface area contributed by atoms with E-state index >= 15 is 0 Å². The van der Waals surface area contributed by atoms with Crippen molar-refractivity contribution in [3.8, 4) is 0 Å². The lowest BCUT2D eigenvalue weighted by atomic mass is 9.86. The van der Waals surface area contributed by atoms with Crippen LogP contribution < -0.4 is 10.6 Å². The number of carbonyl (C=O) groups excluding carboxylic acids is 1. The highest BCUT2D eigenvalue weighted by atomic mass is 16.2. The van der Waals surface area contributed by atoms with Crippen molar-refractivity contribution >= 4 is 11.9 Å². The fourth-order valence-corrected chi connectivity index (χ4v) is 3.35. The van der Waals surface area contributed by atoms with Gasteiger partial charge in [-0.2, -0.15) is 0 Å². The van der Waals surface area contributed by atoms with Crippen molar-refractivity contribution in [1.82, 2.24) is 10.6 Å². The quantitative estimate of drug-likeness (QED) is 0.775. The fraction of sp³-hybridized carbons (Fsp3) is 0.875. The lowest BCUT2D eigenvalue weighted by Crippen LogP contribution is -2.47. The minimum Gasteiger partial charge on any atom is -0.342 e. The lowest BCUT2D eigenvalue weighted by molar-refractivity contribution is -0.124. The van der Waals surface area contributed by atoms with Crippen molar-refractivity contribution in [3.63, 3.8) is 0 Å². The van der Waals surface area contributed by atoms with Crippen molar-refractivity contribution in [2.24, 2.45) is 4.99 Å². The Morgan fingerprint density at radius 3 is 1.95 bits per heavy atom. The van der Waals surface area contributed by atoms with Crippen LogP contribution in [0, 0.1) is 0 Å². The van der Waals surface area contributed by atoms with Crippen LogP contribution in [0.25, 0.3) is 0 Å². The van der Waals surface area contributed by atoms with Crippen LogP contribution in [0.3, 0.4) is 0 Å². The van der Waals surface area contributed by atoms with Gasteiger partial charge in [-0.1, -0.05) is 57.8 Å². The first-order valence-corrected chi connectivity index (χ1v) is 8.41. The molecule has 0 aromatic heterocycles. The number of hydrogen-bond donors (Lipinski definition) is 2. The number of aliphatic imine (C=N–C) groups is 1. The largest absolute Gasteiger partial charge is 0.342 e. The van der Waals surface area contributed by atoms with E-state index in [-0.39, 0.29) is 11.4 Å². The summed E-state index contributed by atoms with van der Waals surface area (Å²) in [6, 6.07) is 0. The molecule has 1 aliphatic carbocycles. The van der Waals surface area contributed by atoms with Crippen LogP contribution in [-0.4, -0.2) is 24.0 Å². The highest BCUT2D eigenvalue weighted by molar-refractivity contribution is 6.09. The Morgan fingerprint density at radius 1 is 0.950 bits per heavy atom. The predicted octanol–water partition coefficient (Wildman–Crippen LogP) is 3.13. The normalized spacial score (nSPS) is 26.6. The minimum atomic E-state index is -0.382. The first kappa shape index (κ1) is 15.3. The van der Waals surface area contributed by atoms with Crippen molar-refractivity contribution in [2.45, 2.75) is 83.1 Å². The average molecular weight is 279 g/mol. The van der Waals surface area contributed by atoms with E-state index in [1.54, 1.807) is 0 Å². The third-order valence-corrected chi connectivity index (χ3v) is 4.55. The van der Waals surface area contributed by atoms with Gasteiger partial charge in [-0.15, -0.1) is 0 Å².